The molecule has 0 amide bonds. The number of ether oxygens (including phenoxy) is 1. The van der Waals surface area contributed by atoms with Gasteiger partial charge in [-0.25, -0.2) is 4.39 Å². The van der Waals surface area contributed by atoms with Crippen LogP contribution in [0.4, 0.5) is 4.39 Å². The number of aromatic hydroxyl groups is 1. The van der Waals surface area contributed by atoms with Crippen molar-refractivity contribution in [3.8, 4) is 11.5 Å². The van der Waals surface area contributed by atoms with Crippen molar-refractivity contribution in [2.45, 2.75) is 6.92 Å². The second-order valence-corrected chi connectivity index (χ2v) is 2.66. The van der Waals surface area contributed by atoms with E-state index in [-0.39, 0.29) is 11.6 Å². The zero-order chi connectivity index (χ0) is 9.84. The first-order chi connectivity index (χ1) is 6.13. The second-order valence-electron chi connectivity index (χ2n) is 2.66. The zero-order valence-electron chi connectivity index (χ0n) is 7.54. The van der Waals surface area contributed by atoms with Gasteiger partial charge < -0.3 is 9.84 Å². The molecule has 0 saturated heterocycles. The number of hydrogen-bond donors (Lipinski definition) is 1. The highest BCUT2D eigenvalue weighted by Crippen LogP contribution is 2.27. The molecule has 0 aliphatic rings. The van der Waals surface area contributed by atoms with Gasteiger partial charge in [0.25, 0.3) is 0 Å². The molecule has 0 fully saturated rings. The molecule has 1 aromatic rings. The van der Waals surface area contributed by atoms with Crippen LogP contribution in [-0.4, -0.2) is 12.2 Å². The van der Waals surface area contributed by atoms with Crippen LogP contribution in [-0.2, 0) is 0 Å². The second kappa shape index (κ2) is 3.94. The molecular formula is C10H11FO2. The van der Waals surface area contributed by atoms with Gasteiger partial charge in [0.05, 0.1) is 12.9 Å². The van der Waals surface area contributed by atoms with Crippen LogP contribution in [0.3, 0.4) is 0 Å². The van der Waals surface area contributed by atoms with E-state index in [1.54, 1.807) is 12.1 Å². The Bertz CT molecular complexity index is 328. The normalized spacial score (nSPS) is 11.5. The Labute approximate surface area is 76.3 Å². The topological polar surface area (TPSA) is 29.5 Å². The van der Waals surface area contributed by atoms with Crippen LogP contribution in [0.5, 0.6) is 11.5 Å². The van der Waals surface area contributed by atoms with Crippen molar-refractivity contribution in [2.75, 3.05) is 7.11 Å². The van der Waals surface area contributed by atoms with E-state index in [0.717, 1.165) is 0 Å². The summed E-state index contributed by atoms with van der Waals surface area (Å²) in [6, 6.07) is 4.65. The molecule has 0 aliphatic carbocycles. The van der Waals surface area contributed by atoms with Crippen LogP contribution in [0.2, 0.25) is 0 Å². The largest absolute Gasteiger partial charge is 0.504 e. The first-order valence-corrected chi connectivity index (χ1v) is 3.84. The molecule has 0 aliphatic heterocycles. The van der Waals surface area contributed by atoms with E-state index in [0.29, 0.717) is 11.3 Å². The van der Waals surface area contributed by atoms with Gasteiger partial charge in [0.15, 0.2) is 11.5 Å². The van der Waals surface area contributed by atoms with Crippen LogP contribution < -0.4 is 4.74 Å². The maximum absolute atomic E-state index is 12.5. The molecule has 70 valence electrons. The number of benzene rings is 1. The van der Waals surface area contributed by atoms with Gasteiger partial charge in [0.2, 0.25) is 0 Å². The van der Waals surface area contributed by atoms with E-state index in [9.17, 15) is 9.50 Å². The quantitative estimate of drug-likeness (QED) is 0.762. The highest BCUT2D eigenvalue weighted by molar-refractivity contribution is 5.56. The molecule has 0 aromatic heterocycles. The number of halogens is 1. The smallest absolute Gasteiger partial charge is 0.161 e. The van der Waals surface area contributed by atoms with E-state index in [4.69, 9.17) is 4.74 Å². The van der Waals surface area contributed by atoms with Gasteiger partial charge in [-0.1, -0.05) is 6.07 Å². The summed E-state index contributed by atoms with van der Waals surface area (Å²) < 4.78 is 17.3. The summed E-state index contributed by atoms with van der Waals surface area (Å²) in [5, 5.41) is 9.23. The molecule has 3 heteroatoms. The van der Waals surface area contributed by atoms with E-state index >= 15 is 0 Å². The molecule has 0 radical (unpaired) electrons. The lowest BCUT2D eigenvalue weighted by atomic mass is 10.2. The number of hydrogen-bond acceptors (Lipinski definition) is 2. The maximum Gasteiger partial charge on any atom is 0.161 e. The molecule has 0 unspecified atom stereocenters. The number of methoxy groups -OCH3 is 1. The molecule has 1 aromatic carbocycles. The molecule has 0 spiro atoms. The SMILES string of the molecule is COc1cc(/C=C(\C)F)ccc1O. The summed E-state index contributed by atoms with van der Waals surface area (Å²) in [7, 11) is 1.45. The van der Waals surface area contributed by atoms with Gasteiger partial charge in [-0.15, -0.1) is 0 Å². The van der Waals surface area contributed by atoms with Crippen molar-refractivity contribution in [3.05, 3.63) is 29.6 Å². The molecule has 2 nitrogen and oxygen atoms in total. The summed E-state index contributed by atoms with van der Waals surface area (Å²) in [5.41, 5.74) is 0.662. The lowest BCUT2D eigenvalue weighted by molar-refractivity contribution is 0.373. The first-order valence-electron chi connectivity index (χ1n) is 3.84. The first kappa shape index (κ1) is 9.58. The third kappa shape index (κ3) is 2.47. The third-order valence-corrected chi connectivity index (χ3v) is 1.57. The van der Waals surface area contributed by atoms with Crippen LogP contribution in [0, 0.1) is 0 Å². The fourth-order valence-electron chi connectivity index (χ4n) is 1.01. The van der Waals surface area contributed by atoms with Crippen molar-refractivity contribution in [1.29, 1.82) is 0 Å². The summed E-state index contributed by atoms with van der Waals surface area (Å²) >= 11 is 0. The van der Waals surface area contributed by atoms with Gasteiger partial charge in [0, 0.05) is 0 Å². The molecule has 1 rings (SSSR count). The summed E-state index contributed by atoms with van der Waals surface area (Å²) in [6.45, 7) is 1.36. The van der Waals surface area contributed by atoms with Crippen LogP contribution in [0.15, 0.2) is 24.0 Å². The van der Waals surface area contributed by atoms with Crippen molar-refractivity contribution in [2.24, 2.45) is 0 Å². The van der Waals surface area contributed by atoms with Crippen molar-refractivity contribution in [1.82, 2.24) is 0 Å². The zero-order valence-corrected chi connectivity index (χ0v) is 7.54. The Hall–Kier alpha value is -1.51. The van der Waals surface area contributed by atoms with E-state index < -0.39 is 0 Å². The van der Waals surface area contributed by atoms with Gasteiger partial charge in [-0.3, -0.25) is 0 Å². The lowest BCUT2D eigenvalue weighted by Gasteiger charge is -2.03. The predicted octanol–water partition coefficient (Wildman–Crippen LogP) is 2.73. The molecule has 1 N–H and O–H groups in total. The lowest BCUT2D eigenvalue weighted by Crippen LogP contribution is -1.84. The minimum absolute atomic E-state index is 0.0520. The Morgan fingerprint density at radius 2 is 2.23 bits per heavy atom. The Kier molecular flexibility index (Phi) is 2.90. The van der Waals surface area contributed by atoms with E-state index in [2.05, 4.69) is 0 Å². The van der Waals surface area contributed by atoms with Crippen molar-refractivity contribution >= 4 is 6.08 Å². The average molecular weight is 182 g/mol. The Morgan fingerprint density at radius 3 is 2.77 bits per heavy atom. The molecule has 0 heterocycles. The molecular weight excluding hydrogens is 171 g/mol. The monoisotopic (exact) mass is 182 g/mol. The highest BCUT2D eigenvalue weighted by atomic mass is 19.1. The summed E-state index contributed by atoms with van der Waals surface area (Å²) in [5.74, 6) is 0.110. The molecule has 0 bridgehead atoms. The predicted molar refractivity (Wildman–Crippen MR) is 49.4 cm³/mol. The Balaban J connectivity index is 3.06. The third-order valence-electron chi connectivity index (χ3n) is 1.57. The summed E-state index contributed by atoms with van der Waals surface area (Å²) in [6.07, 6.45) is 1.36. The minimum Gasteiger partial charge on any atom is -0.504 e. The number of phenols is 1. The van der Waals surface area contributed by atoms with E-state index in [1.807, 2.05) is 0 Å². The van der Waals surface area contributed by atoms with Gasteiger partial charge in [-0.05, 0) is 30.7 Å². The highest BCUT2D eigenvalue weighted by Gasteiger charge is 2.00. The van der Waals surface area contributed by atoms with Crippen molar-refractivity contribution in [3.63, 3.8) is 0 Å². The van der Waals surface area contributed by atoms with Crippen molar-refractivity contribution < 1.29 is 14.2 Å². The average Bonchev–Trinajstić information content (AvgIpc) is 2.07. The van der Waals surface area contributed by atoms with Gasteiger partial charge >= 0.3 is 0 Å². The maximum atomic E-state index is 12.5. The fraction of sp³-hybridized carbons (Fsp3) is 0.200. The Morgan fingerprint density at radius 1 is 1.54 bits per heavy atom. The fourth-order valence-corrected chi connectivity index (χ4v) is 1.01. The number of allylic oxidation sites excluding steroid dienone is 1. The standard InChI is InChI=1S/C10H11FO2/c1-7(11)5-8-3-4-9(12)10(6-8)13-2/h3-6,12H,1-2H3/b7-5+. The molecule has 0 atom stereocenters. The number of rotatable bonds is 2. The van der Waals surface area contributed by atoms with Gasteiger partial charge in [-0.2, -0.15) is 0 Å². The van der Waals surface area contributed by atoms with Crippen LogP contribution in [0.1, 0.15) is 12.5 Å². The van der Waals surface area contributed by atoms with Crippen LogP contribution >= 0.6 is 0 Å². The van der Waals surface area contributed by atoms with Gasteiger partial charge in [0.1, 0.15) is 0 Å². The molecule has 0 saturated carbocycles. The minimum atomic E-state index is -0.284. The van der Waals surface area contributed by atoms with Crippen LogP contribution in [0.25, 0.3) is 6.08 Å². The van der Waals surface area contributed by atoms with E-state index in [1.165, 1.54) is 26.2 Å². The molecule has 13 heavy (non-hydrogen) atoms. The number of phenolic OH excluding ortho intramolecular Hbond substituents is 1. The summed E-state index contributed by atoms with van der Waals surface area (Å²) in [4.78, 5) is 0.